The average Bonchev–Trinajstić information content (AvgIpc) is 2.80. The molecule has 0 aromatic heterocycles. The second-order valence-corrected chi connectivity index (χ2v) is 5.96. The van der Waals surface area contributed by atoms with Gasteiger partial charge in [-0.05, 0) is 18.6 Å². The molecule has 8 heteroatoms. The summed E-state index contributed by atoms with van der Waals surface area (Å²) in [5.74, 6) is -1.44. The largest absolute Gasteiger partial charge is 0.481 e. The predicted molar refractivity (Wildman–Crippen MR) is 69.6 cm³/mol. The lowest BCUT2D eigenvalue weighted by atomic mass is 9.86. The molecule has 1 N–H and O–H groups in total. The van der Waals surface area contributed by atoms with Crippen LogP contribution in [0.2, 0.25) is 0 Å². The zero-order valence-electron chi connectivity index (χ0n) is 11.2. The van der Waals surface area contributed by atoms with Crippen molar-refractivity contribution < 1.29 is 27.9 Å². The second-order valence-electron chi connectivity index (χ2n) is 4.86. The van der Waals surface area contributed by atoms with Gasteiger partial charge < -0.3 is 10.0 Å². The summed E-state index contributed by atoms with van der Waals surface area (Å²) in [4.78, 5) is 23.8. The fraction of sp³-hybridized carbons (Fsp3) is 0.833. The fourth-order valence-electron chi connectivity index (χ4n) is 2.05. The Morgan fingerprint density at radius 1 is 1.40 bits per heavy atom. The lowest BCUT2D eigenvalue weighted by Gasteiger charge is -2.27. The molecule has 1 atom stereocenters. The maximum Gasteiger partial charge on any atom is 0.406 e. The number of alkyl halides is 3. The van der Waals surface area contributed by atoms with Gasteiger partial charge in [-0.15, -0.1) is 0 Å². The molecular weight excluding hydrogens is 295 g/mol. The van der Waals surface area contributed by atoms with Gasteiger partial charge in [0.2, 0.25) is 5.91 Å². The number of carboxylic acids is 1. The van der Waals surface area contributed by atoms with Crippen LogP contribution in [0.25, 0.3) is 0 Å². The first kappa shape index (κ1) is 17.1. The van der Waals surface area contributed by atoms with E-state index in [4.69, 9.17) is 5.11 Å². The van der Waals surface area contributed by atoms with Gasteiger partial charge in [-0.25, -0.2) is 0 Å². The first-order valence-corrected chi connectivity index (χ1v) is 7.55. The van der Waals surface area contributed by atoms with Gasteiger partial charge >= 0.3 is 12.1 Å². The quantitative estimate of drug-likeness (QED) is 0.765. The van der Waals surface area contributed by atoms with Crippen LogP contribution in [-0.4, -0.2) is 52.7 Å². The van der Waals surface area contributed by atoms with Gasteiger partial charge in [-0.2, -0.15) is 24.9 Å². The molecule has 1 aliphatic heterocycles. The Labute approximate surface area is 119 Å². The summed E-state index contributed by atoms with van der Waals surface area (Å²) in [6.07, 6.45) is -3.49. The fourth-order valence-corrected chi connectivity index (χ4v) is 3.04. The molecule has 0 bridgehead atoms. The van der Waals surface area contributed by atoms with Crippen LogP contribution in [0.1, 0.15) is 26.2 Å². The number of hydrogen-bond donors (Lipinski definition) is 1. The normalized spacial score (nSPS) is 23.1. The number of carbonyl (C=O) groups is 2. The van der Waals surface area contributed by atoms with Crippen LogP contribution in [0.5, 0.6) is 0 Å². The number of amides is 1. The first-order valence-electron chi connectivity index (χ1n) is 6.40. The van der Waals surface area contributed by atoms with Crippen LogP contribution in [0.4, 0.5) is 13.2 Å². The van der Waals surface area contributed by atoms with Gasteiger partial charge in [0.25, 0.3) is 0 Å². The summed E-state index contributed by atoms with van der Waals surface area (Å²) in [6, 6.07) is 0. The van der Waals surface area contributed by atoms with E-state index in [9.17, 15) is 22.8 Å². The van der Waals surface area contributed by atoms with Gasteiger partial charge in [-0.3, -0.25) is 9.59 Å². The van der Waals surface area contributed by atoms with Crippen molar-refractivity contribution in [3.8, 4) is 0 Å². The molecule has 0 aromatic carbocycles. The minimum Gasteiger partial charge on any atom is -0.481 e. The van der Waals surface area contributed by atoms with Crippen LogP contribution in [0, 0.1) is 5.41 Å². The van der Waals surface area contributed by atoms with E-state index < -0.39 is 36.4 Å². The molecule has 1 saturated heterocycles. The minimum atomic E-state index is -4.84. The Hall–Kier alpha value is -0.920. The third-order valence-corrected chi connectivity index (χ3v) is 4.47. The number of unbranched alkanes of at least 4 members (excludes halogenated alkanes) is 1. The number of aliphatic carboxylic acids is 1. The van der Waals surface area contributed by atoms with Crippen LogP contribution in [0.15, 0.2) is 0 Å². The molecule has 4 nitrogen and oxygen atoms in total. The lowest BCUT2D eigenvalue weighted by Crippen LogP contribution is -2.48. The smallest absolute Gasteiger partial charge is 0.406 e. The summed E-state index contributed by atoms with van der Waals surface area (Å²) in [6.45, 7) is 1.07. The number of carbonyl (C=O) groups excluding carboxylic acids is 1. The maximum atomic E-state index is 12.9. The number of thioether (sulfide) groups is 1. The van der Waals surface area contributed by atoms with Crippen molar-refractivity contribution in [2.75, 3.05) is 24.6 Å². The lowest BCUT2D eigenvalue weighted by molar-refractivity contribution is -0.227. The Kier molecular flexibility index (Phi) is 5.73. The Bertz CT molecular complexity index is 375. The third kappa shape index (κ3) is 3.59. The highest BCUT2D eigenvalue weighted by molar-refractivity contribution is 7.99. The third-order valence-electron chi connectivity index (χ3n) is 3.44. The molecule has 0 aromatic rings. The minimum absolute atomic E-state index is 0.105. The SMILES string of the molecule is CCCCSCC(=O)N1CCC(C(=O)O)(C(F)(F)F)C1. The number of hydrogen-bond acceptors (Lipinski definition) is 3. The standard InChI is InChI=1S/C12H18F3NO3S/c1-2-3-6-20-7-9(17)16-5-4-11(8-16,10(18)19)12(13,14)15/h2-8H2,1H3,(H,18,19). The summed E-state index contributed by atoms with van der Waals surface area (Å²) in [5, 5.41) is 8.88. The highest BCUT2D eigenvalue weighted by Gasteiger charge is 2.64. The van der Waals surface area contributed by atoms with Crippen molar-refractivity contribution in [2.45, 2.75) is 32.4 Å². The number of carboxylic acid groups (broad SMARTS) is 1. The molecule has 1 fully saturated rings. The van der Waals surface area contributed by atoms with Crippen molar-refractivity contribution in [3.05, 3.63) is 0 Å². The Balaban J connectivity index is 2.61. The Morgan fingerprint density at radius 2 is 2.05 bits per heavy atom. The highest BCUT2D eigenvalue weighted by atomic mass is 32.2. The molecule has 0 aliphatic carbocycles. The van der Waals surface area contributed by atoms with E-state index in [2.05, 4.69) is 0 Å². The molecule has 1 rings (SSSR count). The molecule has 0 spiro atoms. The average molecular weight is 313 g/mol. The molecule has 0 radical (unpaired) electrons. The number of halogens is 3. The van der Waals surface area contributed by atoms with Crippen molar-refractivity contribution in [3.63, 3.8) is 0 Å². The zero-order valence-corrected chi connectivity index (χ0v) is 12.0. The topological polar surface area (TPSA) is 57.6 Å². The summed E-state index contributed by atoms with van der Waals surface area (Å²) in [5.41, 5.74) is -2.81. The van der Waals surface area contributed by atoms with E-state index in [1.54, 1.807) is 0 Å². The van der Waals surface area contributed by atoms with Gasteiger partial charge in [0.05, 0.1) is 5.75 Å². The molecule has 1 amide bonds. The molecule has 116 valence electrons. The molecule has 1 heterocycles. The van der Waals surface area contributed by atoms with Crippen molar-refractivity contribution in [1.29, 1.82) is 0 Å². The summed E-state index contributed by atoms with van der Waals surface area (Å²) < 4.78 is 38.8. The molecule has 1 aliphatic rings. The predicted octanol–water partition coefficient (Wildman–Crippen LogP) is 2.39. The van der Waals surface area contributed by atoms with E-state index in [1.165, 1.54) is 11.8 Å². The zero-order chi connectivity index (χ0) is 15.4. The van der Waals surface area contributed by atoms with Gasteiger partial charge in [-0.1, -0.05) is 13.3 Å². The maximum absolute atomic E-state index is 12.9. The van der Waals surface area contributed by atoms with Crippen molar-refractivity contribution >= 4 is 23.6 Å². The van der Waals surface area contributed by atoms with E-state index in [1.807, 2.05) is 6.92 Å². The van der Waals surface area contributed by atoms with Gasteiger partial charge in [0.1, 0.15) is 0 Å². The van der Waals surface area contributed by atoms with Gasteiger partial charge in [0.15, 0.2) is 5.41 Å². The molecule has 20 heavy (non-hydrogen) atoms. The number of nitrogens with zero attached hydrogens (tertiary/aromatic N) is 1. The van der Waals surface area contributed by atoms with E-state index >= 15 is 0 Å². The molecule has 0 saturated carbocycles. The monoisotopic (exact) mass is 313 g/mol. The summed E-state index contributed by atoms with van der Waals surface area (Å²) >= 11 is 1.37. The van der Waals surface area contributed by atoms with Crippen LogP contribution in [-0.2, 0) is 9.59 Å². The highest BCUT2D eigenvalue weighted by Crippen LogP contribution is 2.45. The summed E-state index contributed by atoms with van der Waals surface area (Å²) in [7, 11) is 0. The van der Waals surface area contributed by atoms with E-state index in [-0.39, 0.29) is 12.3 Å². The Morgan fingerprint density at radius 3 is 2.50 bits per heavy atom. The van der Waals surface area contributed by atoms with E-state index in [0.717, 1.165) is 23.5 Å². The first-order chi connectivity index (χ1) is 9.24. The van der Waals surface area contributed by atoms with Crippen LogP contribution in [0.3, 0.4) is 0 Å². The van der Waals surface area contributed by atoms with Crippen LogP contribution < -0.4 is 0 Å². The van der Waals surface area contributed by atoms with E-state index in [0.29, 0.717) is 0 Å². The van der Waals surface area contributed by atoms with Crippen molar-refractivity contribution in [2.24, 2.45) is 5.41 Å². The second kappa shape index (κ2) is 6.69. The number of rotatable bonds is 6. The van der Waals surface area contributed by atoms with Gasteiger partial charge in [0, 0.05) is 13.1 Å². The number of likely N-dealkylation sites (tertiary alicyclic amines) is 1. The van der Waals surface area contributed by atoms with Crippen molar-refractivity contribution in [1.82, 2.24) is 4.90 Å². The van der Waals surface area contributed by atoms with Crippen LogP contribution >= 0.6 is 11.8 Å². The molecule has 1 unspecified atom stereocenters. The molecular formula is C12H18F3NO3S.